The van der Waals surface area contributed by atoms with Crippen molar-refractivity contribution in [1.29, 1.82) is 0 Å². The fraction of sp³-hybridized carbons (Fsp3) is 0.158. The molecule has 0 aliphatic rings. The van der Waals surface area contributed by atoms with E-state index < -0.39 is 29.7 Å². The first kappa shape index (κ1) is 20.7. The number of alkyl halides is 3. The molecule has 0 saturated heterocycles. The van der Waals surface area contributed by atoms with Crippen LogP contribution in [0, 0.1) is 0 Å². The Bertz CT molecular complexity index is 1080. The van der Waals surface area contributed by atoms with Crippen molar-refractivity contribution in [2.45, 2.75) is 5.51 Å². The average Bonchev–Trinajstić information content (AvgIpc) is 2.65. The third-order valence-electron chi connectivity index (χ3n) is 4.02. The van der Waals surface area contributed by atoms with Gasteiger partial charge in [-0.25, -0.2) is 0 Å². The molecular formula is C19H18F3N2O2SSe+. The third kappa shape index (κ3) is 4.03. The van der Waals surface area contributed by atoms with Gasteiger partial charge in [0.25, 0.3) is 0 Å². The summed E-state index contributed by atoms with van der Waals surface area (Å²) in [5.41, 5.74) is -4.57. The number of halogens is 3. The Hall–Kier alpha value is -2.06. The monoisotopic (exact) mass is 475 g/mol. The number of hydrogen-bond acceptors (Lipinski definition) is 3. The first-order valence-corrected chi connectivity index (χ1v) is 12.2. The molecule has 9 heteroatoms. The molecule has 1 atom stereocenters. The van der Waals surface area contributed by atoms with Crippen LogP contribution in [0.4, 0.5) is 18.9 Å². The molecule has 3 aromatic carbocycles. The van der Waals surface area contributed by atoms with Crippen molar-refractivity contribution in [1.82, 2.24) is 3.74 Å². The molecule has 1 N–H and O–H groups in total. The number of benzene rings is 3. The Morgan fingerprint density at radius 2 is 1.50 bits per heavy atom. The Morgan fingerprint density at radius 3 is 2.07 bits per heavy atom. The van der Waals surface area contributed by atoms with Crippen LogP contribution in [0.25, 0.3) is 10.8 Å². The molecule has 1 unspecified atom stereocenters. The molecule has 28 heavy (non-hydrogen) atoms. The third-order valence-corrected chi connectivity index (χ3v) is 10.6. The van der Waals surface area contributed by atoms with E-state index in [9.17, 15) is 21.6 Å². The summed E-state index contributed by atoms with van der Waals surface area (Å²) in [5, 5.41) is 1.58. The molecule has 148 valence electrons. The van der Waals surface area contributed by atoms with E-state index in [1.807, 2.05) is 47.0 Å². The second-order valence-corrected chi connectivity index (χ2v) is 12.1. The molecule has 0 amide bonds. The summed E-state index contributed by atoms with van der Waals surface area (Å²) >= 11 is -2.80. The maximum absolute atomic E-state index is 13.1. The fourth-order valence-corrected chi connectivity index (χ4v) is 9.19. The molecule has 0 aliphatic carbocycles. The van der Waals surface area contributed by atoms with Crippen LogP contribution in [0.1, 0.15) is 0 Å². The molecule has 4 nitrogen and oxygen atoms in total. The first-order valence-electron chi connectivity index (χ1n) is 8.19. The Morgan fingerprint density at radius 1 is 0.893 bits per heavy atom. The predicted molar refractivity (Wildman–Crippen MR) is 108 cm³/mol. The van der Waals surface area contributed by atoms with Crippen molar-refractivity contribution in [3.63, 3.8) is 0 Å². The normalized spacial score (nSPS) is 13.5. The van der Waals surface area contributed by atoms with Gasteiger partial charge >= 0.3 is 166 Å². The number of rotatable bonds is 5. The Labute approximate surface area is 166 Å². The molecule has 0 heterocycles. The van der Waals surface area contributed by atoms with Gasteiger partial charge in [0.15, 0.2) is 0 Å². The molecule has 3 rings (SSSR count). The van der Waals surface area contributed by atoms with Crippen molar-refractivity contribution in [3.8, 4) is 0 Å². The quantitative estimate of drug-likeness (QED) is 0.579. The number of nitrogens with one attached hydrogen (secondary N) is 1. The Kier molecular flexibility index (Phi) is 5.72. The summed E-state index contributed by atoms with van der Waals surface area (Å²) in [5.74, 6) is 0. The van der Waals surface area contributed by atoms with Crippen molar-refractivity contribution in [2.24, 2.45) is 0 Å². The number of nitrogens with zero attached hydrogens (tertiary/aromatic N) is 1. The minimum atomic E-state index is -5.50. The maximum atomic E-state index is 13.1. The molecular weight excluding hydrogens is 456 g/mol. The standard InChI is InChI=1S/C19H18F3N2O2SSe/c1-24(2)16-12-6-8-14-9-7-13-17(18(14)16)28(15-10-4-3-5-11-15)23-27(25,26)19(20,21)22/h3-13,23H,1-2H3/q+1. The zero-order chi connectivity index (χ0) is 20.5. The van der Waals surface area contributed by atoms with E-state index in [-0.39, 0.29) is 0 Å². The van der Waals surface area contributed by atoms with Gasteiger partial charge in [-0.3, -0.25) is 0 Å². The Balaban J connectivity index is 2.28. The van der Waals surface area contributed by atoms with E-state index >= 15 is 0 Å². The second-order valence-electron chi connectivity index (χ2n) is 6.18. The van der Waals surface area contributed by atoms with Crippen LogP contribution < -0.4 is 17.6 Å². The van der Waals surface area contributed by atoms with Gasteiger partial charge in [-0.2, -0.15) is 0 Å². The minimum absolute atomic E-state index is 0.538. The number of anilines is 1. The molecule has 0 saturated carbocycles. The molecule has 0 spiro atoms. The summed E-state index contributed by atoms with van der Waals surface area (Å²) in [6.07, 6.45) is 0. The number of hydrogen-bond donors (Lipinski definition) is 1. The van der Waals surface area contributed by atoms with Gasteiger partial charge < -0.3 is 0 Å². The van der Waals surface area contributed by atoms with E-state index in [1.165, 1.54) is 0 Å². The van der Waals surface area contributed by atoms with Crippen LogP contribution in [0.15, 0.2) is 66.7 Å². The van der Waals surface area contributed by atoms with Crippen LogP contribution in [0.5, 0.6) is 0 Å². The SMILES string of the molecule is CN(C)c1cccc2cccc([Se+](NS(=O)(=O)C(F)(F)F)c3ccccc3)c12. The van der Waals surface area contributed by atoms with Crippen molar-refractivity contribution in [3.05, 3.63) is 66.7 Å². The van der Waals surface area contributed by atoms with Gasteiger partial charge in [-0.1, -0.05) is 0 Å². The number of sulfonamides is 1. The molecule has 0 radical (unpaired) electrons. The van der Waals surface area contributed by atoms with Gasteiger partial charge in [-0.05, 0) is 0 Å². The van der Waals surface area contributed by atoms with Crippen molar-refractivity contribution < 1.29 is 21.6 Å². The van der Waals surface area contributed by atoms with E-state index in [4.69, 9.17) is 0 Å². The van der Waals surface area contributed by atoms with Crippen LogP contribution in [0.2, 0.25) is 0 Å². The average molecular weight is 474 g/mol. The van der Waals surface area contributed by atoms with E-state index in [0.29, 0.717) is 8.92 Å². The van der Waals surface area contributed by atoms with E-state index in [2.05, 4.69) is 0 Å². The van der Waals surface area contributed by atoms with E-state index in [1.54, 1.807) is 42.5 Å². The topological polar surface area (TPSA) is 49.4 Å². The van der Waals surface area contributed by atoms with Crippen molar-refractivity contribution >= 4 is 49.5 Å². The first-order chi connectivity index (χ1) is 13.1. The molecule has 0 aliphatic heterocycles. The number of fused-ring (bicyclic) bond motifs is 1. The van der Waals surface area contributed by atoms with Gasteiger partial charge in [0.2, 0.25) is 0 Å². The molecule has 3 aromatic rings. The summed E-state index contributed by atoms with van der Waals surface area (Å²) in [7, 11) is -1.83. The fourth-order valence-electron chi connectivity index (χ4n) is 2.76. The van der Waals surface area contributed by atoms with Crippen molar-refractivity contribution in [2.75, 3.05) is 19.0 Å². The molecule has 0 aromatic heterocycles. The van der Waals surface area contributed by atoms with Crippen LogP contribution in [-0.4, -0.2) is 42.1 Å². The summed E-state index contributed by atoms with van der Waals surface area (Å²) in [6, 6.07) is 19.3. The predicted octanol–water partition coefficient (Wildman–Crippen LogP) is 2.45. The zero-order valence-corrected chi connectivity index (χ0v) is 17.6. The van der Waals surface area contributed by atoms with Crippen LogP contribution in [-0.2, 0) is 10.0 Å². The van der Waals surface area contributed by atoms with Gasteiger partial charge in [0.05, 0.1) is 0 Å². The molecule has 0 fully saturated rings. The summed E-state index contributed by atoms with van der Waals surface area (Å²) < 4.78 is 66.3. The van der Waals surface area contributed by atoms with Crippen LogP contribution in [0.3, 0.4) is 0 Å². The summed E-state index contributed by atoms with van der Waals surface area (Å²) in [6.45, 7) is 0. The van der Waals surface area contributed by atoms with Gasteiger partial charge in [0.1, 0.15) is 0 Å². The zero-order valence-electron chi connectivity index (χ0n) is 15.1. The molecule has 0 bridgehead atoms. The van der Waals surface area contributed by atoms with Gasteiger partial charge in [-0.15, -0.1) is 0 Å². The second kappa shape index (κ2) is 7.75. The van der Waals surface area contributed by atoms with E-state index in [0.717, 1.165) is 16.5 Å². The van der Waals surface area contributed by atoms with Crippen LogP contribution >= 0.6 is 0 Å². The van der Waals surface area contributed by atoms with Gasteiger partial charge in [0, 0.05) is 0 Å². The summed E-state index contributed by atoms with van der Waals surface area (Å²) in [4.78, 5) is 1.86.